The van der Waals surface area contributed by atoms with Gasteiger partial charge in [0.2, 0.25) is 0 Å². The maximum atomic E-state index is 14.1. The summed E-state index contributed by atoms with van der Waals surface area (Å²) in [5.74, 6) is -2.94. The quantitative estimate of drug-likeness (QED) is 0.0560. The highest BCUT2D eigenvalue weighted by Crippen LogP contribution is 2.51. The van der Waals surface area contributed by atoms with E-state index in [2.05, 4.69) is 53.3 Å². The van der Waals surface area contributed by atoms with Crippen LogP contribution in [0.3, 0.4) is 0 Å². The minimum absolute atomic E-state index is 0. The van der Waals surface area contributed by atoms with Gasteiger partial charge in [-0.25, -0.2) is 0 Å². The molecule has 0 unspecified atom stereocenters. The molecule has 0 amide bonds. The molecule has 6 aromatic rings. The largest absolute Gasteiger partial charge is 0.508 e. The van der Waals surface area contributed by atoms with Crippen LogP contribution in [0.15, 0.2) is 104 Å². The number of H-pyrrole nitrogens is 2. The molecule has 4 aromatic carbocycles. The highest BCUT2D eigenvalue weighted by molar-refractivity contribution is 6.31. The van der Waals surface area contributed by atoms with Crippen molar-refractivity contribution in [3.8, 4) is 23.0 Å². The first-order chi connectivity index (χ1) is 37.8. The van der Waals surface area contributed by atoms with Crippen molar-refractivity contribution in [1.82, 2.24) is 9.97 Å². The Morgan fingerprint density at radius 3 is 1.18 bits per heavy atom. The highest BCUT2D eigenvalue weighted by atomic mass is 16.7. The zero-order valence-corrected chi connectivity index (χ0v) is 48.2. The number of phenols is 4. The molecule has 14 nitrogen and oxygen atoms in total. The van der Waals surface area contributed by atoms with Crippen molar-refractivity contribution in [2.24, 2.45) is 27.7 Å². The summed E-state index contributed by atoms with van der Waals surface area (Å²) in [4.78, 5) is 85.8. The monoisotopic (exact) mass is 1110 g/mol. The lowest BCUT2D eigenvalue weighted by Gasteiger charge is -2.32. The second kappa shape index (κ2) is 24.4. The number of fused-ring (bicyclic) bond motifs is 6. The summed E-state index contributed by atoms with van der Waals surface area (Å²) in [7, 11) is 0. The molecule has 6 N–H and O–H groups in total. The molecule has 0 atom stereocenters. The third kappa shape index (κ3) is 10.9. The number of rotatable bonds is 10. The molecular formula is C68H80N4O10. The summed E-state index contributed by atoms with van der Waals surface area (Å²) >= 11 is 0. The molecule has 0 saturated carbocycles. The van der Waals surface area contributed by atoms with Gasteiger partial charge in [0.15, 0.2) is 23.1 Å². The third-order valence-corrected chi connectivity index (χ3v) is 16.5. The number of nitrogens with one attached hydrogen (secondary N) is 2. The zero-order valence-electron chi connectivity index (χ0n) is 48.2. The van der Waals surface area contributed by atoms with Crippen LogP contribution in [-0.2, 0) is 32.0 Å². The smallest absolute Gasteiger partial charge is 0.186 e. The second-order valence-electron chi connectivity index (χ2n) is 23.0. The number of hydrogen-bond donors (Lipinski definition) is 6. The summed E-state index contributed by atoms with van der Waals surface area (Å²) in [6.45, 7) is 27.3. The normalized spacial score (nSPS) is 15.3. The van der Waals surface area contributed by atoms with Crippen molar-refractivity contribution >= 4 is 56.4 Å². The number of allylic oxidation sites excluding steroid dienone is 8. The number of phenolic OH excluding ortho intramolecular Hbond substituents is 4. The number of aliphatic imine (C=N–C) groups is 2. The van der Waals surface area contributed by atoms with Gasteiger partial charge in [0.05, 0.1) is 34.6 Å². The van der Waals surface area contributed by atoms with E-state index in [1.54, 1.807) is 39.8 Å². The van der Waals surface area contributed by atoms with Crippen LogP contribution in [0.25, 0.3) is 21.8 Å². The number of benzene rings is 4. The van der Waals surface area contributed by atoms with Gasteiger partial charge in [-0.05, 0) is 148 Å². The fourth-order valence-electron chi connectivity index (χ4n) is 12.0. The van der Waals surface area contributed by atoms with Gasteiger partial charge < -0.3 is 30.4 Å². The van der Waals surface area contributed by atoms with Gasteiger partial charge >= 0.3 is 0 Å². The first-order valence-corrected chi connectivity index (χ1v) is 27.5. The summed E-state index contributed by atoms with van der Waals surface area (Å²) in [5, 5.41) is 47.8. The van der Waals surface area contributed by atoms with Crippen LogP contribution >= 0.6 is 0 Å². The van der Waals surface area contributed by atoms with Crippen molar-refractivity contribution in [1.29, 1.82) is 0 Å². The minimum atomic E-state index is -0.948. The second-order valence-corrected chi connectivity index (χ2v) is 23.0. The predicted molar refractivity (Wildman–Crippen MR) is 330 cm³/mol. The number of aromatic hydroxyl groups is 4. The van der Waals surface area contributed by atoms with Crippen molar-refractivity contribution < 1.29 is 39.6 Å². The van der Waals surface area contributed by atoms with E-state index in [9.17, 15) is 39.6 Å². The van der Waals surface area contributed by atoms with Crippen molar-refractivity contribution in [3.05, 3.63) is 171 Å². The van der Waals surface area contributed by atoms with Crippen LogP contribution in [0.4, 0.5) is 0 Å². The summed E-state index contributed by atoms with van der Waals surface area (Å²) < 4.78 is 0. The van der Waals surface area contributed by atoms with Crippen molar-refractivity contribution in [3.63, 3.8) is 0 Å². The fraction of sp³-hybridized carbons (Fsp3) is 0.382. The molecule has 0 fully saturated rings. The lowest BCUT2D eigenvalue weighted by atomic mass is 9.69. The SMILES string of the molecule is C.C.CC1=C(C(C2=NCCc3c2[nH]c2cc(C)ccc32)C2=C(C)C(=O)C=C(C(C)C)C2=O)C(=O)C(C(C)C)=CC1=O.Cc1ccc2c3c([nH]c2c1)C(C(c1c(C)c(O)cc(C(C)C)c1O)c1c(C)c(O)cc(C(C)C)c1O)=NCC3.O=O. The van der Waals surface area contributed by atoms with Gasteiger partial charge in [0.25, 0.3) is 0 Å². The molecule has 4 heterocycles. The van der Waals surface area contributed by atoms with E-state index in [0.717, 1.165) is 61.9 Å². The number of Topliss-reactive ketones (excluding diaryl/α,β-unsaturated/α-hetero) is 2. The van der Waals surface area contributed by atoms with Crippen molar-refractivity contribution in [2.45, 2.75) is 142 Å². The number of nitrogens with zero attached hydrogens (tertiary/aromatic N) is 2. The van der Waals surface area contributed by atoms with Crippen molar-refractivity contribution in [2.75, 3.05) is 13.1 Å². The average molecular weight is 1110 g/mol. The molecule has 2 aromatic heterocycles. The molecule has 432 valence electrons. The van der Waals surface area contributed by atoms with Crippen LogP contribution in [0.5, 0.6) is 23.0 Å². The summed E-state index contributed by atoms with van der Waals surface area (Å²) in [6.07, 6.45) is 4.30. The highest BCUT2D eigenvalue weighted by Gasteiger charge is 2.44. The first kappa shape index (κ1) is 62.9. The van der Waals surface area contributed by atoms with E-state index in [0.29, 0.717) is 75.5 Å². The van der Waals surface area contributed by atoms with E-state index in [1.165, 1.54) is 12.2 Å². The molecular weight excluding hydrogens is 1030 g/mol. The Bertz CT molecular complexity index is 3670. The summed E-state index contributed by atoms with van der Waals surface area (Å²) in [5.41, 5.74) is 14.3. The Hall–Kier alpha value is -8.26. The molecule has 82 heavy (non-hydrogen) atoms. The average Bonchev–Trinajstić information content (AvgIpc) is 3.76. The number of ketones is 4. The van der Waals surface area contributed by atoms with Gasteiger partial charge in [0, 0.05) is 101 Å². The van der Waals surface area contributed by atoms with Gasteiger partial charge in [-0.2, -0.15) is 0 Å². The van der Waals surface area contributed by atoms with E-state index >= 15 is 0 Å². The maximum absolute atomic E-state index is 14.1. The Morgan fingerprint density at radius 2 is 0.841 bits per heavy atom. The van der Waals surface area contributed by atoms with Gasteiger partial charge in [-0.3, -0.25) is 29.2 Å². The molecule has 10 rings (SSSR count). The van der Waals surface area contributed by atoms with Gasteiger partial charge in [0.1, 0.15) is 23.0 Å². The molecule has 14 heteroatoms. The minimum Gasteiger partial charge on any atom is -0.508 e. The number of aromatic nitrogens is 2. The Morgan fingerprint density at radius 1 is 0.488 bits per heavy atom. The Kier molecular flexibility index (Phi) is 18.8. The van der Waals surface area contributed by atoms with E-state index in [-0.39, 0.29) is 107 Å². The van der Waals surface area contributed by atoms with Gasteiger partial charge in [-0.1, -0.05) is 94.5 Å². The number of carbonyl (C=O) groups is 4. The predicted octanol–water partition coefficient (Wildman–Crippen LogP) is 14.2. The van der Waals surface area contributed by atoms with Crippen LogP contribution in [0, 0.1) is 55.4 Å². The Labute approximate surface area is 481 Å². The Balaban J connectivity index is 0.000000250. The number of aryl methyl sites for hydroxylation is 2. The van der Waals surface area contributed by atoms with E-state index < -0.39 is 11.8 Å². The standard InChI is InChI=1S/C33H38N2O4.C33H34N2O4.2CH4.O2/c2*1-15(2)22-13-25(36)18(6)27(32(22)38)29(28-19(7)26(37)14-23(16(3)4)33(28)39)31-30-21(10-11-34-31)20-9-8-17(5)12-24(20)35-30;;;1-2/h8-9,12-16,29,35-39H,10-11H2,1-7H3;8-9,12-16,29,35H,10-11H2,1-7H3;2*1H4;. The lowest BCUT2D eigenvalue weighted by Crippen LogP contribution is -2.37. The fourth-order valence-corrected chi connectivity index (χ4v) is 12.0. The number of aromatic amines is 2. The third-order valence-electron chi connectivity index (χ3n) is 16.5. The number of carbonyl (C=O) groups excluding carboxylic acids is 4. The van der Waals surface area contributed by atoms with E-state index in [1.807, 2.05) is 62.3 Å². The molecule has 0 radical (unpaired) electrons. The molecule has 0 spiro atoms. The van der Waals surface area contributed by atoms with Crippen LogP contribution in [-0.4, -0.2) is 78.0 Å². The van der Waals surface area contributed by atoms with Crippen LogP contribution < -0.4 is 0 Å². The molecule has 2 aliphatic heterocycles. The topological polar surface area (TPSA) is 240 Å². The van der Waals surface area contributed by atoms with Crippen LogP contribution in [0.2, 0.25) is 0 Å². The first-order valence-electron chi connectivity index (χ1n) is 27.5. The maximum Gasteiger partial charge on any atom is 0.186 e. The molecule has 0 saturated heterocycles. The molecule has 2 aliphatic carbocycles. The molecule has 4 aliphatic rings. The van der Waals surface area contributed by atoms with Gasteiger partial charge in [-0.15, -0.1) is 0 Å². The number of hydrogen-bond acceptors (Lipinski definition) is 12. The van der Waals surface area contributed by atoms with E-state index in [4.69, 9.17) is 19.9 Å². The summed E-state index contributed by atoms with van der Waals surface area (Å²) in [6, 6.07) is 15.8. The van der Waals surface area contributed by atoms with Crippen LogP contribution in [0.1, 0.15) is 169 Å². The zero-order chi connectivity index (χ0) is 58.7. The lowest BCUT2D eigenvalue weighted by molar-refractivity contribution is -0.117. The molecule has 0 bridgehead atoms.